The second-order valence-corrected chi connectivity index (χ2v) is 4.85. The smallest absolute Gasteiger partial charge is 0.145 e. The molecule has 110 valence electrons. The zero-order valence-electron chi connectivity index (χ0n) is 12.8. The molecule has 0 unspecified atom stereocenters. The van der Waals surface area contributed by atoms with Gasteiger partial charge in [0.25, 0.3) is 0 Å². The van der Waals surface area contributed by atoms with E-state index in [4.69, 9.17) is 4.74 Å². The van der Waals surface area contributed by atoms with E-state index in [1.807, 2.05) is 43.3 Å². The van der Waals surface area contributed by atoms with E-state index in [1.54, 1.807) is 0 Å². The molecule has 0 spiro atoms. The molecule has 21 heavy (non-hydrogen) atoms. The van der Waals surface area contributed by atoms with Crippen molar-refractivity contribution in [3.63, 3.8) is 0 Å². The van der Waals surface area contributed by atoms with Gasteiger partial charge in [0, 0.05) is 11.3 Å². The lowest BCUT2D eigenvalue weighted by molar-refractivity contribution is 0.295. The van der Waals surface area contributed by atoms with E-state index < -0.39 is 0 Å². The highest BCUT2D eigenvalue weighted by atomic mass is 16.5. The Hall–Kier alpha value is -2.22. The van der Waals surface area contributed by atoms with Crippen molar-refractivity contribution in [1.29, 1.82) is 0 Å². The molecular formula is C19H23NO. The summed E-state index contributed by atoms with van der Waals surface area (Å²) in [5.74, 6) is 0.948. The minimum Gasteiger partial charge on any atom is -0.491 e. The Morgan fingerprint density at radius 3 is 2.10 bits per heavy atom. The van der Waals surface area contributed by atoms with Gasteiger partial charge in [0.1, 0.15) is 5.76 Å². The normalized spacial score (nSPS) is 11.7. The Morgan fingerprint density at radius 2 is 1.52 bits per heavy atom. The van der Waals surface area contributed by atoms with Crippen molar-refractivity contribution >= 4 is 11.4 Å². The number of nitrogens with one attached hydrogen (secondary N) is 1. The molecule has 0 aliphatic heterocycles. The molecule has 0 amide bonds. The lowest BCUT2D eigenvalue weighted by Gasteiger charge is -2.17. The molecule has 0 fully saturated rings. The van der Waals surface area contributed by atoms with E-state index in [0.29, 0.717) is 6.61 Å². The quantitative estimate of drug-likeness (QED) is 0.695. The van der Waals surface area contributed by atoms with E-state index in [0.717, 1.165) is 35.5 Å². The zero-order valence-corrected chi connectivity index (χ0v) is 12.8. The largest absolute Gasteiger partial charge is 0.491 e. The minimum atomic E-state index is 0.661. The van der Waals surface area contributed by atoms with Crippen LogP contribution in [0.25, 0.3) is 5.76 Å². The highest BCUT2D eigenvalue weighted by Crippen LogP contribution is 2.24. The topological polar surface area (TPSA) is 21.3 Å². The maximum Gasteiger partial charge on any atom is 0.145 e. The van der Waals surface area contributed by atoms with E-state index in [1.165, 1.54) is 0 Å². The summed E-state index contributed by atoms with van der Waals surface area (Å²) in [7, 11) is 0. The summed E-state index contributed by atoms with van der Waals surface area (Å²) < 4.78 is 5.93. The summed E-state index contributed by atoms with van der Waals surface area (Å²) in [5, 5.41) is 3.52. The van der Waals surface area contributed by atoms with Crippen molar-refractivity contribution in [3.8, 4) is 0 Å². The Morgan fingerprint density at radius 1 is 0.905 bits per heavy atom. The molecule has 2 aromatic rings. The van der Waals surface area contributed by atoms with Gasteiger partial charge in [-0.1, -0.05) is 61.9 Å². The molecule has 2 heteroatoms. The van der Waals surface area contributed by atoms with Gasteiger partial charge in [-0.25, -0.2) is 0 Å². The molecule has 0 atom stereocenters. The van der Waals surface area contributed by atoms with Crippen LogP contribution in [0.1, 0.15) is 32.3 Å². The predicted octanol–water partition coefficient (Wildman–Crippen LogP) is 5.30. The Kier molecular flexibility index (Phi) is 5.89. The average Bonchev–Trinajstić information content (AvgIpc) is 2.54. The Balaban J connectivity index is 2.37. The average molecular weight is 281 g/mol. The van der Waals surface area contributed by atoms with Crippen molar-refractivity contribution in [2.45, 2.75) is 26.7 Å². The fourth-order valence-corrected chi connectivity index (χ4v) is 2.26. The minimum absolute atomic E-state index is 0.661. The lowest BCUT2D eigenvalue weighted by atomic mass is 10.1. The first-order chi connectivity index (χ1) is 10.3. The van der Waals surface area contributed by atoms with Crippen molar-refractivity contribution in [3.05, 3.63) is 71.9 Å². The lowest BCUT2D eigenvalue weighted by Crippen LogP contribution is -2.06. The molecule has 2 nitrogen and oxygen atoms in total. The number of ether oxygens (including phenoxy) is 1. The molecule has 0 radical (unpaired) electrons. The molecule has 0 aliphatic carbocycles. The molecule has 0 saturated carbocycles. The SMILES string of the molecule is CCCC(Nc1ccccc1)=C(OCC)c1ccccc1. The summed E-state index contributed by atoms with van der Waals surface area (Å²) >= 11 is 0. The summed E-state index contributed by atoms with van der Waals surface area (Å²) in [6.45, 7) is 4.87. The fraction of sp³-hybridized carbons (Fsp3) is 0.263. The monoisotopic (exact) mass is 281 g/mol. The third-order valence-corrected chi connectivity index (χ3v) is 3.17. The molecule has 0 aliphatic rings. The van der Waals surface area contributed by atoms with E-state index >= 15 is 0 Å². The second kappa shape index (κ2) is 8.15. The maximum absolute atomic E-state index is 5.93. The van der Waals surface area contributed by atoms with Crippen LogP contribution in [0.4, 0.5) is 5.69 Å². The van der Waals surface area contributed by atoms with E-state index in [2.05, 4.69) is 36.5 Å². The van der Waals surface area contributed by atoms with Crippen LogP contribution in [-0.4, -0.2) is 6.61 Å². The summed E-state index contributed by atoms with van der Waals surface area (Å²) in [4.78, 5) is 0. The standard InChI is InChI=1S/C19H23NO/c1-3-11-18(20-17-14-9-6-10-15-17)19(21-4-2)16-12-7-5-8-13-16/h5-10,12-15,20H,3-4,11H2,1-2H3. The van der Waals surface area contributed by atoms with Gasteiger partial charge in [-0.3, -0.25) is 0 Å². The Bertz CT molecular complexity index is 561. The molecule has 2 aromatic carbocycles. The van der Waals surface area contributed by atoms with Gasteiger partial charge in [0.2, 0.25) is 0 Å². The van der Waals surface area contributed by atoms with Crippen LogP contribution >= 0.6 is 0 Å². The highest BCUT2D eigenvalue weighted by Gasteiger charge is 2.10. The molecule has 0 bridgehead atoms. The number of hydrogen-bond donors (Lipinski definition) is 1. The van der Waals surface area contributed by atoms with Crippen LogP contribution in [0, 0.1) is 0 Å². The van der Waals surface area contributed by atoms with Crippen LogP contribution in [0.3, 0.4) is 0 Å². The van der Waals surface area contributed by atoms with Gasteiger partial charge in [-0.2, -0.15) is 0 Å². The zero-order chi connectivity index (χ0) is 14.9. The number of allylic oxidation sites excluding steroid dienone is 1. The van der Waals surface area contributed by atoms with Gasteiger partial charge in [-0.15, -0.1) is 0 Å². The molecule has 1 N–H and O–H groups in total. The number of rotatable bonds is 7. The Labute approximate surface area is 127 Å². The highest BCUT2D eigenvalue weighted by molar-refractivity contribution is 5.67. The van der Waals surface area contributed by atoms with E-state index in [-0.39, 0.29) is 0 Å². The summed E-state index contributed by atoms with van der Waals surface area (Å²) in [6.07, 6.45) is 2.03. The van der Waals surface area contributed by atoms with Gasteiger partial charge >= 0.3 is 0 Å². The number of hydrogen-bond acceptors (Lipinski definition) is 2. The molecule has 0 saturated heterocycles. The maximum atomic E-state index is 5.93. The summed E-state index contributed by atoms with van der Waals surface area (Å²) in [6, 6.07) is 20.5. The van der Waals surface area contributed by atoms with Gasteiger partial charge in [0.15, 0.2) is 0 Å². The number of benzene rings is 2. The summed E-state index contributed by atoms with van der Waals surface area (Å²) in [5.41, 5.74) is 3.34. The molecule has 0 aromatic heterocycles. The number of para-hydroxylation sites is 1. The fourth-order valence-electron chi connectivity index (χ4n) is 2.26. The van der Waals surface area contributed by atoms with Crippen molar-refractivity contribution in [2.24, 2.45) is 0 Å². The van der Waals surface area contributed by atoms with Gasteiger partial charge < -0.3 is 10.1 Å². The van der Waals surface area contributed by atoms with Gasteiger partial charge in [-0.05, 0) is 25.5 Å². The number of anilines is 1. The third-order valence-electron chi connectivity index (χ3n) is 3.17. The van der Waals surface area contributed by atoms with Crippen LogP contribution in [0.15, 0.2) is 66.4 Å². The predicted molar refractivity (Wildman–Crippen MR) is 90.0 cm³/mol. The first kappa shape index (κ1) is 15.2. The first-order valence-electron chi connectivity index (χ1n) is 7.58. The van der Waals surface area contributed by atoms with Crippen molar-refractivity contribution < 1.29 is 4.74 Å². The third kappa shape index (κ3) is 4.38. The van der Waals surface area contributed by atoms with Gasteiger partial charge in [0.05, 0.1) is 12.3 Å². The van der Waals surface area contributed by atoms with Crippen LogP contribution in [0.5, 0.6) is 0 Å². The molecule has 2 rings (SSSR count). The van der Waals surface area contributed by atoms with Crippen molar-refractivity contribution in [2.75, 3.05) is 11.9 Å². The second-order valence-electron chi connectivity index (χ2n) is 4.85. The van der Waals surface area contributed by atoms with Crippen LogP contribution in [0.2, 0.25) is 0 Å². The molecular weight excluding hydrogens is 258 g/mol. The van der Waals surface area contributed by atoms with Crippen LogP contribution in [-0.2, 0) is 4.74 Å². The van der Waals surface area contributed by atoms with Crippen LogP contribution < -0.4 is 5.32 Å². The van der Waals surface area contributed by atoms with Crippen molar-refractivity contribution in [1.82, 2.24) is 0 Å². The molecule has 0 heterocycles. The van der Waals surface area contributed by atoms with E-state index in [9.17, 15) is 0 Å². The first-order valence-corrected chi connectivity index (χ1v) is 7.58.